The molecule has 192 valence electrons. The van der Waals surface area contributed by atoms with Gasteiger partial charge in [-0.25, -0.2) is 16.8 Å². The van der Waals surface area contributed by atoms with Crippen LogP contribution in [0.3, 0.4) is 0 Å². The maximum Gasteiger partial charge on any atom is 0.286 e. The van der Waals surface area contributed by atoms with Gasteiger partial charge in [-0.2, -0.15) is 0 Å². The summed E-state index contributed by atoms with van der Waals surface area (Å²) in [4.78, 5) is -0.0276. The second-order valence-electron chi connectivity index (χ2n) is 10.6. The summed E-state index contributed by atoms with van der Waals surface area (Å²) in [6.07, 6.45) is 0.761. The number of oxime groups is 1. The molecule has 2 unspecified atom stereocenters. The van der Waals surface area contributed by atoms with Gasteiger partial charge in [0, 0.05) is 0 Å². The molecule has 0 saturated heterocycles. The van der Waals surface area contributed by atoms with Gasteiger partial charge in [-0.3, -0.25) is 0 Å². The summed E-state index contributed by atoms with van der Waals surface area (Å²) >= 11 is 6.57. The van der Waals surface area contributed by atoms with E-state index < -0.39 is 38.0 Å². The fraction of sp³-hybridized carbons (Fsp3) is 0.480. The number of hydrogen-bond acceptors (Lipinski definition) is 6. The average Bonchev–Trinajstić information content (AvgIpc) is 3.15. The molecular weight excluding hydrogens is 522 g/mol. The van der Waals surface area contributed by atoms with E-state index in [0.717, 1.165) is 0 Å². The van der Waals surface area contributed by atoms with Crippen molar-refractivity contribution in [3.05, 3.63) is 60.7 Å². The molecule has 6 nitrogen and oxygen atoms in total. The van der Waals surface area contributed by atoms with E-state index >= 15 is 0 Å². The van der Waals surface area contributed by atoms with E-state index in [2.05, 4.69) is 39.0 Å². The molecule has 0 radical (unpaired) electrons. The fourth-order valence-electron chi connectivity index (χ4n) is 3.74. The van der Waals surface area contributed by atoms with E-state index in [1.165, 1.54) is 24.3 Å². The van der Waals surface area contributed by atoms with Crippen LogP contribution in [0.2, 0.25) is 18.1 Å². The number of rotatable bonds is 8. The standard InChI is InChI=1S/C25H34ClNO5S2Si/c1-25(2,3)35(4,5)32-27-23-17-19(16-22(23)26)18-24(33(28,29)20-12-8-6-9-13-20)34(30,31)21-14-10-7-11-15-21/h6-15,19,22,24H,16-18H2,1-5H3/b27-23+. The first-order valence-corrected chi connectivity index (χ1v) is 18.1. The zero-order valence-electron chi connectivity index (χ0n) is 20.8. The zero-order valence-corrected chi connectivity index (χ0v) is 24.2. The summed E-state index contributed by atoms with van der Waals surface area (Å²) in [6.45, 7) is 10.5. The van der Waals surface area contributed by atoms with E-state index in [0.29, 0.717) is 18.6 Å². The first kappa shape index (κ1) is 27.9. The first-order chi connectivity index (χ1) is 16.2. The topological polar surface area (TPSA) is 89.9 Å². The Balaban J connectivity index is 1.93. The second-order valence-corrected chi connectivity index (χ2v) is 20.4. The van der Waals surface area contributed by atoms with Crippen LogP contribution in [0, 0.1) is 5.92 Å². The average molecular weight is 556 g/mol. The third kappa shape index (κ3) is 6.18. The van der Waals surface area contributed by atoms with E-state index in [1.807, 2.05) is 0 Å². The number of benzene rings is 2. The Bertz CT molecular complexity index is 1190. The van der Waals surface area contributed by atoms with Gasteiger partial charge >= 0.3 is 0 Å². The normalized spacial score (nSPS) is 20.9. The highest BCUT2D eigenvalue weighted by molar-refractivity contribution is 8.09. The third-order valence-corrected chi connectivity index (χ3v) is 16.7. The zero-order chi connectivity index (χ0) is 26.1. The van der Waals surface area contributed by atoms with Crippen molar-refractivity contribution in [3.8, 4) is 0 Å². The molecule has 0 N–H and O–H groups in total. The quantitative estimate of drug-likeness (QED) is 0.225. The molecule has 1 aliphatic carbocycles. The molecule has 0 bridgehead atoms. The van der Waals surface area contributed by atoms with Crippen LogP contribution in [0.15, 0.2) is 75.6 Å². The highest BCUT2D eigenvalue weighted by Crippen LogP contribution is 2.39. The number of alkyl halides is 1. The lowest BCUT2D eigenvalue weighted by molar-refractivity contribution is 0.306. The lowest BCUT2D eigenvalue weighted by Crippen LogP contribution is -2.39. The Morgan fingerprint density at radius 3 is 1.83 bits per heavy atom. The van der Waals surface area contributed by atoms with Gasteiger partial charge in [0.1, 0.15) is 0 Å². The maximum absolute atomic E-state index is 13.6. The molecule has 10 heteroatoms. The molecule has 0 spiro atoms. The van der Waals surface area contributed by atoms with Crippen molar-refractivity contribution in [1.29, 1.82) is 0 Å². The van der Waals surface area contributed by atoms with Crippen molar-refractivity contribution in [2.24, 2.45) is 11.1 Å². The smallest absolute Gasteiger partial charge is 0.286 e. The molecular formula is C25H34ClNO5S2Si. The molecule has 1 fully saturated rings. The molecule has 2 aromatic rings. The Kier molecular flexibility index (Phi) is 8.26. The minimum absolute atomic E-state index is 0.0138. The molecule has 35 heavy (non-hydrogen) atoms. The Morgan fingerprint density at radius 2 is 1.40 bits per heavy atom. The van der Waals surface area contributed by atoms with Crippen LogP contribution in [0.4, 0.5) is 0 Å². The van der Waals surface area contributed by atoms with E-state index in [4.69, 9.17) is 16.1 Å². The van der Waals surface area contributed by atoms with Crippen molar-refractivity contribution < 1.29 is 21.4 Å². The second kappa shape index (κ2) is 10.4. The SMILES string of the molecule is CC(C)(C)[Si](C)(C)O/N=C1\CC(CC(S(=O)(=O)c2ccccc2)S(=O)(=O)c2ccccc2)CC1Cl. The van der Waals surface area contributed by atoms with E-state index in [1.54, 1.807) is 36.4 Å². The Hall–Kier alpha value is -1.68. The minimum atomic E-state index is -4.18. The number of nitrogens with zero attached hydrogens (tertiary/aromatic N) is 1. The van der Waals surface area contributed by atoms with E-state index in [-0.39, 0.29) is 27.2 Å². The van der Waals surface area contributed by atoms with Gasteiger partial charge < -0.3 is 4.53 Å². The molecule has 2 atom stereocenters. The molecule has 0 aromatic heterocycles. The van der Waals surface area contributed by atoms with Gasteiger partial charge in [-0.1, -0.05) is 57.2 Å². The van der Waals surface area contributed by atoms with Gasteiger partial charge in [0.2, 0.25) is 0 Å². The van der Waals surface area contributed by atoms with Crippen LogP contribution in [-0.4, -0.2) is 40.8 Å². The van der Waals surface area contributed by atoms with Gasteiger partial charge in [0.15, 0.2) is 24.3 Å². The summed E-state index contributed by atoms with van der Waals surface area (Å²) in [5, 5.41) is 3.93. The predicted molar refractivity (Wildman–Crippen MR) is 144 cm³/mol. The first-order valence-electron chi connectivity index (χ1n) is 11.6. The van der Waals surface area contributed by atoms with Crippen LogP contribution < -0.4 is 0 Å². The molecule has 0 heterocycles. The molecule has 1 aliphatic rings. The van der Waals surface area contributed by atoms with Crippen LogP contribution in [0.25, 0.3) is 0 Å². The van der Waals surface area contributed by atoms with Crippen LogP contribution >= 0.6 is 11.6 Å². The number of sulfone groups is 2. The molecule has 0 amide bonds. The largest absolute Gasteiger partial charge is 0.455 e. The summed E-state index contributed by atoms with van der Waals surface area (Å²) in [7, 11) is -10.5. The molecule has 1 saturated carbocycles. The summed E-state index contributed by atoms with van der Waals surface area (Å²) < 4.78 is 58.8. The predicted octanol–water partition coefficient (Wildman–Crippen LogP) is 6.05. The van der Waals surface area contributed by atoms with Gasteiger partial charge in [0.05, 0.1) is 20.9 Å². The van der Waals surface area contributed by atoms with Gasteiger partial charge in [-0.15, -0.1) is 16.8 Å². The molecule has 0 aliphatic heterocycles. The van der Waals surface area contributed by atoms with Gasteiger partial charge in [0.25, 0.3) is 8.32 Å². The number of hydrogen-bond donors (Lipinski definition) is 0. The highest BCUT2D eigenvalue weighted by atomic mass is 35.5. The van der Waals surface area contributed by atoms with Crippen molar-refractivity contribution in [3.63, 3.8) is 0 Å². The molecule has 2 aromatic carbocycles. The summed E-state index contributed by atoms with van der Waals surface area (Å²) in [6, 6.07) is 15.5. The van der Waals surface area contributed by atoms with Gasteiger partial charge in [-0.05, 0) is 67.6 Å². The Morgan fingerprint density at radius 1 is 0.943 bits per heavy atom. The summed E-state index contributed by atoms with van der Waals surface area (Å²) in [5.74, 6) is -0.263. The number of halogens is 1. The third-order valence-electron chi connectivity index (χ3n) is 6.96. The monoisotopic (exact) mass is 555 g/mol. The highest BCUT2D eigenvalue weighted by Gasteiger charge is 2.44. The van der Waals surface area contributed by atoms with Crippen molar-refractivity contribution in [2.75, 3.05) is 0 Å². The minimum Gasteiger partial charge on any atom is -0.455 e. The maximum atomic E-state index is 13.6. The van der Waals surface area contributed by atoms with Crippen LogP contribution in [0.5, 0.6) is 0 Å². The van der Waals surface area contributed by atoms with Crippen LogP contribution in [-0.2, 0) is 24.2 Å². The lowest BCUT2D eigenvalue weighted by Gasteiger charge is -2.33. The van der Waals surface area contributed by atoms with Crippen LogP contribution in [0.1, 0.15) is 40.0 Å². The van der Waals surface area contributed by atoms with E-state index in [9.17, 15) is 16.8 Å². The van der Waals surface area contributed by atoms with Crippen molar-refractivity contribution in [1.82, 2.24) is 0 Å². The van der Waals surface area contributed by atoms with Crippen molar-refractivity contribution in [2.45, 2.75) is 77.9 Å². The van der Waals surface area contributed by atoms with Crippen molar-refractivity contribution >= 4 is 45.3 Å². The Labute approximate surface area is 215 Å². The summed E-state index contributed by atoms with van der Waals surface area (Å²) in [5.41, 5.74) is 0.648. The fourth-order valence-corrected chi connectivity index (χ4v) is 9.47. The lowest BCUT2D eigenvalue weighted by atomic mass is 10.1. The molecule has 3 rings (SSSR count).